The lowest BCUT2D eigenvalue weighted by Crippen LogP contribution is -2.24. The van der Waals surface area contributed by atoms with Crippen LogP contribution in [0.5, 0.6) is 5.75 Å². The van der Waals surface area contributed by atoms with Gasteiger partial charge in [-0.25, -0.2) is 5.43 Å². The van der Waals surface area contributed by atoms with Crippen molar-refractivity contribution >= 4 is 46.2 Å². The van der Waals surface area contributed by atoms with Gasteiger partial charge in [0.25, 0.3) is 5.91 Å². The fourth-order valence-electron chi connectivity index (χ4n) is 2.79. The maximum absolute atomic E-state index is 12.0. The number of pyridine rings is 1. The van der Waals surface area contributed by atoms with Gasteiger partial charge in [-0.05, 0) is 42.5 Å². The molecule has 0 aliphatic carbocycles. The first-order chi connectivity index (χ1) is 14.6. The molecule has 0 atom stereocenters. The van der Waals surface area contributed by atoms with Crippen molar-refractivity contribution in [2.75, 3.05) is 6.61 Å². The first-order valence-corrected chi connectivity index (χ1v) is 9.69. The molecule has 0 aliphatic rings. The zero-order valence-electron chi connectivity index (χ0n) is 15.5. The molecule has 0 bridgehead atoms. The fraction of sp³-hybridized carbons (Fsp3) is 0.0455. The zero-order chi connectivity index (χ0) is 20.9. The maximum Gasteiger partial charge on any atom is 0.277 e. The number of nitrogens with one attached hydrogen (secondary N) is 1. The Labute approximate surface area is 182 Å². The van der Waals surface area contributed by atoms with Crippen LogP contribution in [0.25, 0.3) is 22.2 Å². The second kappa shape index (κ2) is 8.98. The van der Waals surface area contributed by atoms with Crippen LogP contribution in [-0.2, 0) is 4.79 Å². The first-order valence-electron chi connectivity index (χ1n) is 8.94. The van der Waals surface area contributed by atoms with Gasteiger partial charge in [-0.3, -0.25) is 9.78 Å². The monoisotopic (exact) mass is 439 g/mol. The maximum atomic E-state index is 12.0. The van der Waals surface area contributed by atoms with E-state index in [1.807, 2.05) is 24.3 Å². The van der Waals surface area contributed by atoms with Crippen LogP contribution in [0.15, 0.2) is 76.4 Å². The Morgan fingerprint density at radius 2 is 2.00 bits per heavy atom. The van der Waals surface area contributed by atoms with Crippen molar-refractivity contribution in [2.24, 2.45) is 5.10 Å². The van der Waals surface area contributed by atoms with Gasteiger partial charge in [0.1, 0.15) is 22.8 Å². The summed E-state index contributed by atoms with van der Waals surface area (Å²) in [6, 6.07) is 17.9. The van der Waals surface area contributed by atoms with Crippen LogP contribution in [0, 0.1) is 0 Å². The molecule has 30 heavy (non-hydrogen) atoms. The number of fused-ring (bicyclic) bond motifs is 1. The van der Waals surface area contributed by atoms with Crippen LogP contribution in [0.1, 0.15) is 5.76 Å². The molecule has 2 aromatic carbocycles. The van der Waals surface area contributed by atoms with Gasteiger partial charge in [0.2, 0.25) is 0 Å². The summed E-state index contributed by atoms with van der Waals surface area (Å²) in [7, 11) is 0. The Morgan fingerprint density at radius 3 is 2.90 bits per heavy atom. The number of para-hydroxylation sites is 1. The third-order valence-corrected chi connectivity index (χ3v) is 4.72. The van der Waals surface area contributed by atoms with Crippen LogP contribution in [0.4, 0.5) is 0 Å². The molecule has 1 amide bonds. The highest BCUT2D eigenvalue weighted by molar-refractivity contribution is 6.35. The van der Waals surface area contributed by atoms with Crippen molar-refractivity contribution in [2.45, 2.75) is 0 Å². The van der Waals surface area contributed by atoms with Gasteiger partial charge < -0.3 is 9.15 Å². The largest absolute Gasteiger partial charge is 0.481 e. The SMILES string of the molecule is O=C(COc1cccc2cccnc12)N/N=C/c1ccc(-c2cc(Cl)ccc2Cl)o1. The molecule has 0 aliphatic heterocycles. The number of furan rings is 1. The normalized spacial score (nSPS) is 11.1. The van der Waals surface area contributed by atoms with Gasteiger partial charge >= 0.3 is 0 Å². The average molecular weight is 440 g/mol. The Kier molecular flexibility index (Phi) is 5.97. The van der Waals surface area contributed by atoms with E-state index in [1.54, 1.807) is 42.6 Å². The summed E-state index contributed by atoms with van der Waals surface area (Å²) in [5.41, 5.74) is 3.76. The molecule has 0 radical (unpaired) electrons. The molecule has 2 heterocycles. The Hall–Kier alpha value is -3.35. The molecular formula is C22H15Cl2N3O3. The lowest BCUT2D eigenvalue weighted by Gasteiger charge is -2.07. The number of aromatic nitrogens is 1. The Bertz CT molecular complexity index is 1230. The number of benzene rings is 2. The Balaban J connectivity index is 1.35. The molecule has 0 fully saturated rings. The molecule has 1 N–H and O–H groups in total. The van der Waals surface area contributed by atoms with E-state index in [-0.39, 0.29) is 6.61 Å². The molecule has 150 valence electrons. The lowest BCUT2D eigenvalue weighted by molar-refractivity contribution is -0.123. The van der Waals surface area contributed by atoms with Crippen molar-refractivity contribution in [3.63, 3.8) is 0 Å². The van der Waals surface area contributed by atoms with Crippen LogP contribution in [0.2, 0.25) is 10.0 Å². The first kappa shape index (κ1) is 19.9. The van der Waals surface area contributed by atoms with Gasteiger partial charge in [0, 0.05) is 22.2 Å². The van der Waals surface area contributed by atoms with Gasteiger partial charge in [-0.15, -0.1) is 0 Å². The quantitative estimate of drug-likeness (QED) is 0.325. The van der Waals surface area contributed by atoms with E-state index >= 15 is 0 Å². The second-order valence-corrected chi connectivity index (χ2v) is 7.08. The molecule has 0 spiro atoms. The summed E-state index contributed by atoms with van der Waals surface area (Å²) in [5, 5.41) is 5.89. The number of nitrogens with zero attached hydrogens (tertiary/aromatic N) is 2. The summed E-state index contributed by atoms with van der Waals surface area (Å²) in [6.07, 6.45) is 3.06. The predicted octanol–water partition coefficient (Wildman–Crippen LogP) is 5.33. The van der Waals surface area contributed by atoms with Crippen molar-refractivity contribution in [1.82, 2.24) is 10.4 Å². The Morgan fingerprint density at radius 1 is 1.13 bits per heavy atom. The van der Waals surface area contributed by atoms with Crippen molar-refractivity contribution in [1.29, 1.82) is 0 Å². The van der Waals surface area contributed by atoms with Gasteiger partial charge in [0.05, 0.1) is 11.2 Å². The molecule has 4 rings (SSSR count). The third-order valence-electron chi connectivity index (χ3n) is 4.16. The fourth-order valence-corrected chi connectivity index (χ4v) is 3.17. The number of carbonyl (C=O) groups is 1. The van der Waals surface area contributed by atoms with Crippen molar-refractivity contribution in [3.8, 4) is 17.1 Å². The van der Waals surface area contributed by atoms with E-state index in [2.05, 4.69) is 15.5 Å². The minimum absolute atomic E-state index is 0.200. The topological polar surface area (TPSA) is 76.7 Å². The number of carbonyl (C=O) groups excluding carboxylic acids is 1. The smallest absolute Gasteiger partial charge is 0.277 e. The molecule has 8 heteroatoms. The van der Waals surface area contributed by atoms with E-state index in [9.17, 15) is 4.79 Å². The summed E-state index contributed by atoms with van der Waals surface area (Å²) in [5.74, 6) is 1.10. The number of ether oxygens (including phenoxy) is 1. The molecular weight excluding hydrogens is 425 g/mol. The molecule has 0 unspecified atom stereocenters. The van der Waals surface area contributed by atoms with Gasteiger partial charge in [-0.1, -0.05) is 41.4 Å². The van der Waals surface area contributed by atoms with Crippen LogP contribution < -0.4 is 10.2 Å². The predicted molar refractivity (Wildman–Crippen MR) is 117 cm³/mol. The number of hydrogen-bond donors (Lipinski definition) is 1. The molecule has 2 aromatic heterocycles. The van der Waals surface area contributed by atoms with Gasteiger partial charge in [-0.2, -0.15) is 5.10 Å². The van der Waals surface area contributed by atoms with E-state index in [0.717, 1.165) is 5.39 Å². The van der Waals surface area contributed by atoms with Crippen LogP contribution >= 0.6 is 23.2 Å². The standard InChI is InChI=1S/C22H15Cl2N3O3/c23-15-6-8-18(24)17(11-15)19-9-7-16(30-19)12-26-27-21(28)13-29-20-5-1-3-14-4-2-10-25-22(14)20/h1-12H,13H2,(H,27,28)/b26-12+. The highest BCUT2D eigenvalue weighted by atomic mass is 35.5. The highest BCUT2D eigenvalue weighted by Gasteiger charge is 2.09. The van der Waals surface area contributed by atoms with Crippen molar-refractivity contribution < 1.29 is 13.9 Å². The summed E-state index contributed by atoms with van der Waals surface area (Å²) < 4.78 is 11.3. The van der Waals surface area contributed by atoms with E-state index in [4.69, 9.17) is 32.4 Å². The number of hydrazone groups is 1. The van der Waals surface area contributed by atoms with Gasteiger partial charge in [0.15, 0.2) is 6.61 Å². The molecule has 6 nitrogen and oxygen atoms in total. The summed E-state index contributed by atoms with van der Waals surface area (Å²) in [6.45, 7) is -0.200. The average Bonchev–Trinajstić information content (AvgIpc) is 3.22. The summed E-state index contributed by atoms with van der Waals surface area (Å²) in [4.78, 5) is 16.3. The number of hydrogen-bond acceptors (Lipinski definition) is 5. The molecule has 4 aromatic rings. The van der Waals surface area contributed by atoms with E-state index < -0.39 is 5.91 Å². The van der Waals surface area contributed by atoms with Crippen molar-refractivity contribution in [3.05, 3.63) is 82.7 Å². The number of amides is 1. The third kappa shape index (κ3) is 4.62. The zero-order valence-corrected chi connectivity index (χ0v) is 17.0. The minimum Gasteiger partial charge on any atom is -0.481 e. The molecule has 0 saturated heterocycles. The second-order valence-electron chi connectivity index (χ2n) is 6.24. The lowest BCUT2D eigenvalue weighted by atomic mass is 10.2. The number of halogens is 2. The van der Waals surface area contributed by atoms with Crippen LogP contribution in [0.3, 0.4) is 0 Å². The molecule has 0 saturated carbocycles. The minimum atomic E-state index is -0.413. The van der Waals surface area contributed by atoms with E-state index in [0.29, 0.717) is 38.4 Å². The number of rotatable bonds is 6. The summed E-state index contributed by atoms with van der Waals surface area (Å²) >= 11 is 12.2. The highest BCUT2D eigenvalue weighted by Crippen LogP contribution is 2.31. The van der Waals surface area contributed by atoms with Crippen LogP contribution in [-0.4, -0.2) is 23.7 Å². The van der Waals surface area contributed by atoms with E-state index in [1.165, 1.54) is 6.21 Å².